The van der Waals surface area contributed by atoms with Crippen molar-refractivity contribution in [2.45, 2.75) is 47.1 Å². The van der Waals surface area contributed by atoms with Crippen molar-refractivity contribution >= 4 is 5.69 Å². The molecule has 0 bridgehead atoms. The van der Waals surface area contributed by atoms with E-state index in [0.717, 1.165) is 52.6 Å². The number of nitrogens with zero attached hydrogens (tertiary/aromatic N) is 2. The SMILES string of the molecule is CCC1COCN1c1cc(C)nc(Oc2c(C)cc(OC)cc2C)c1C. The van der Waals surface area contributed by atoms with Crippen LogP contribution in [0.5, 0.6) is 17.4 Å². The fourth-order valence-corrected chi connectivity index (χ4v) is 3.46. The van der Waals surface area contributed by atoms with Crippen LogP contribution in [0.3, 0.4) is 0 Å². The standard InChI is InChI=1S/C21H28N2O3/c1-7-17-11-25-12-23(17)19-10-15(4)22-21(16(19)5)26-20-13(2)8-18(24-6)9-14(20)3/h8-10,17H,7,11-12H2,1-6H3. The largest absolute Gasteiger partial charge is 0.497 e. The van der Waals surface area contributed by atoms with Crippen molar-refractivity contribution in [3.05, 3.63) is 40.6 Å². The highest BCUT2D eigenvalue weighted by molar-refractivity contribution is 5.59. The van der Waals surface area contributed by atoms with Crippen LogP contribution >= 0.6 is 0 Å². The molecule has 5 heteroatoms. The monoisotopic (exact) mass is 356 g/mol. The van der Waals surface area contributed by atoms with Gasteiger partial charge in [-0.15, -0.1) is 0 Å². The lowest BCUT2D eigenvalue weighted by Gasteiger charge is -2.26. The first-order chi connectivity index (χ1) is 12.4. The Morgan fingerprint density at radius 1 is 1.15 bits per heavy atom. The summed E-state index contributed by atoms with van der Waals surface area (Å²) >= 11 is 0. The molecule has 1 aromatic heterocycles. The molecular weight excluding hydrogens is 328 g/mol. The van der Waals surface area contributed by atoms with Gasteiger partial charge in [-0.1, -0.05) is 6.92 Å². The van der Waals surface area contributed by atoms with Crippen LogP contribution in [0.2, 0.25) is 0 Å². The van der Waals surface area contributed by atoms with E-state index in [1.54, 1.807) is 7.11 Å². The molecule has 1 aromatic carbocycles. The molecule has 5 nitrogen and oxygen atoms in total. The molecule has 140 valence electrons. The molecule has 1 unspecified atom stereocenters. The summed E-state index contributed by atoms with van der Waals surface area (Å²) in [6.07, 6.45) is 1.05. The zero-order valence-corrected chi connectivity index (χ0v) is 16.5. The topological polar surface area (TPSA) is 43.8 Å². The third kappa shape index (κ3) is 3.49. The van der Waals surface area contributed by atoms with Crippen LogP contribution < -0.4 is 14.4 Å². The van der Waals surface area contributed by atoms with Gasteiger partial charge in [0.2, 0.25) is 5.88 Å². The molecule has 0 N–H and O–H groups in total. The summed E-state index contributed by atoms with van der Waals surface area (Å²) in [5.74, 6) is 2.32. The Kier molecular flexibility index (Phi) is 5.37. The number of anilines is 1. The molecule has 1 aliphatic rings. The molecule has 1 fully saturated rings. The van der Waals surface area contributed by atoms with Crippen molar-refractivity contribution in [1.82, 2.24) is 4.98 Å². The predicted molar refractivity (Wildman–Crippen MR) is 104 cm³/mol. The number of benzene rings is 1. The summed E-state index contributed by atoms with van der Waals surface area (Å²) in [6.45, 7) is 11.7. The van der Waals surface area contributed by atoms with Gasteiger partial charge in [-0.05, 0) is 63.4 Å². The third-order valence-electron chi connectivity index (χ3n) is 4.96. The van der Waals surface area contributed by atoms with Crippen molar-refractivity contribution in [2.24, 2.45) is 0 Å². The van der Waals surface area contributed by atoms with Crippen molar-refractivity contribution in [3.8, 4) is 17.4 Å². The number of rotatable bonds is 5. The van der Waals surface area contributed by atoms with Crippen molar-refractivity contribution in [3.63, 3.8) is 0 Å². The molecule has 2 aromatic rings. The van der Waals surface area contributed by atoms with Crippen LogP contribution in [0, 0.1) is 27.7 Å². The van der Waals surface area contributed by atoms with Gasteiger partial charge in [-0.2, -0.15) is 0 Å². The third-order valence-corrected chi connectivity index (χ3v) is 4.96. The fraction of sp³-hybridized carbons (Fsp3) is 0.476. The summed E-state index contributed by atoms with van der Waals surface area (Å²) in [7, 11) is 1.68. The second-order valence-electron chi connectivity index (χ2n) is 6.94. The molecule has 1 aliphatic heterocycles. The van der Waals surface area contributed by atoms with E-state index in [2.05, 4.69) is 29.8 Å². The molecule has 0 saturated carbocycles. The number of pyridine rings is 1. The number of ether oxygens (including phenoxy) is 3. The molecule has 1 saturated heterocycles. The number of hydrogen-bond donors (Lipinski definition) is 0. The Balaban J connectivity index is 1.99. The minimum Gasteiger partial charge on any atom is -0.497 e. The number of aromatic nitrogens is 1. The molecule has 1 atom stereocenters. The molecule has 26 heavy (non-hydrogen) atoms. The lowest BCUT2D eigenvalue weighted by atomic mass is 10.1. The maximum absolute atomic E-state index is 6.29. The molecule has 2 heterocycles. The van der Waals surface area contributed by atoms with E-state index in [1.807, 2.05) is 32.9 Å². The highest BCUT2D eigenvalue weighted by atomic mass is 16.5. The second kappa shape index (κ2) is 7.54. The second-order valence-corrected chi connectivity index (χ2v) is 6.94. The molecule has 0 radical (unpaired) electrons. The number of hydrogen-bond acceptors (Lipinski definition) is 5. The fourth-order valence-electron chi connectivity index (χ4n) is 3.46. The molecule has 3 rings (SSSR count). The Labute approximate surface area is 155 Å². The van der Waals surface area contributed by atoms with Gasteiger partial charge in [0.1, 0.15) is 18.2 Å². The van der Waals surface area contributed by atoms with Gasteiger partial charge in [0.25, 0.3) is 0 Å². The van der Waals surface area contributed by atoms with Gasteiger partial charge < -0.3 is 19.1 Å². The van der Waals surface area contributed by atoms with E-state index < -0.39 is 0 Å². The normalized spacial score (nSPS) is 16.8. The van der Waals surface area contributed by atoms with E-state index in [0.29, 0.717) is 18.7 Å². The van der Waals surface area contributed by atoms with Gasteiger partial charge in [-0.25, -0.2) is 4.98 Å². The zero-order valence-electron chi connectivity index (χ0n) is 16.5. The highest BCUT2D eigenvalue weighted by Crippen LogP contribution is 2.37. The summed E-state index contributed by atoms with van der Waals surface area (Å²) in [4.78, 5) is 6.96. The molecule has 0 spiro atoms. The quantitative estimate of drug-likeness (QED) is 0.778. The summed E-state index contributed by atoms with van der Waals surface area (Å²) in [6, 6.07) is 6.48. The average Bonchev–Trinajstić information content (AvgIpc) is 3.08. The Morgan fingerprint density at radius 3 is 2.46 bits per heavy atom. The summed E-state index contributed by atoms with van der Waals surface area (Å²) in [5, 5.41) is 0. The lowest BCUT2D eigenvalue weighted by Crippen LogP contribution is -2.30. The molecule has 0 amide bonds. The van der Waals surface area contributed by atoms with E-state index in [-0.39, 0.29) is 0 Å². The first-order valence-electron chi connectivity index (χ1n) is 9.10. The number of methoxy groups -OCH3 is 1. The lowest BCUT2D eigenvalue weighted by molar-refractivity contribution is 0.193. The van der Waals surface area contributed by atoms with Crippen molar-refractivity contribution in [2.75, 3.05) is 25.3 Å². The van der Waals surface area contributed by atoms with Crippen LogP contribution in [0.4, 0.5) is 5.69 Å². The van der Waals surface area contributed by atoms with Crippen LogP contribution in [0.1, 0.15) is 35.7 Å². The first-order valence-corrected chi connectivity index (χ1v) is 9.10. The minimum atomic E-state index is 0.396. The van der Waals surface area contributed by atoms with Gasteiger partial charge in [-0.3, -0.25) is 0 Å². The van der Waals surface area contributed by atoms with Gasteiger partial charge >= 0.3 is 0 Å². The van der Waals surface area contributed by atoms with E-state index in [4.69, 9.17) is 14.2 Å². The molecular formula is C21H28N2O3. The Morgan fingerprint density at radius 2 is 1.85 bits per heavy atom. The van der Waals surface area contributed by atoms with Gasteiger partial charge in [0, 0.05) is 16.9 Å². The molecule has 0 aliphatic carbocycles. The minimum absolute atomic E-state index is 0.396. The zero-order chi connectivity index (χ0) is 18.8. The Hall–Kier alpha value is -2.27. The van der Waals surface area contributed by atoms with Gasteiger partial charge in [0.05, 0.1) is 19.8 Å². The smallest absolute Gasteiger partial charge is 0.224 e. The van der Waals surface area contributed by atoms with Crippen LogP contribution in [-0.4, -0.2) is 31.5 Å². The van der Waals surface area contributed by atoms with Crippen molar-refractivity contribution < 1.29 is 14.2 Å². The van der Waals surface area contributed by atoms with Crippen LogP contribution in [-0.2, 0) is 4.74 Å². The Bertz CT molecular complexity index is 781. The summed E-state index contributed by atoms with van der Waals surface area (Å²) in [5.41, 5.74) is 5.17. The highest BCUT2D eigenvalue weighted by Gasteiger charge is 2.27. The maximum Gasteiger partial charge on any atom is 0.224 e. The maximum atomic E-state index is 6.29. The van der Waals surface area contributed by atoms with Gasteiger partial charge in [0.15, 0.2) is 0 Å². The van der Waals surface area contributed by atoms with Crippen LogP contribution in [0.15, 0.2) is 18.2 Å². The van der Waals surface area contributed by atoms with E-state index >= 15 is 0 Å². The average molecular weight is 356 g/mol. The van der Waals surface area contributed by atoms with Crippen LogP contribution in [0.25, 0.3) is 0 Å². The first kappa shape index (κ1) is 18.5. The predicted octanol–water partition coefficient (Wildman–Crippen LogP) is 4.69. The summed E-state index contributed by atoms with van der Waals surface area (Å²) < 4.78 is 17.3. The van der Waals surface area contributed by atoms with Crippen molar-refractivity contribution in [1.29, 1.82) is 0 Å². The van der Waals surface area contributed by atoms with E-state index in [1.165, 1.54) is 0 Å². The van der Waals surface area contributed by atoms with E-state index in [9.17, 15) is 0 Å². The number of aryl methyl sites for hydroxylation is 3.